The van der Waals surface area contributed by atoms with Crippen molar-refractivity contribution in [3.8, 4) is 0 Å². The number of aliphatic carboxylic acids is 1. The highest BCUT2D eigenvalue weighted by molar-refractivity contribution is 5.78. The van der Waals surface area contributed by atoms with E-state index >= 15 is 0 Å². The Morgan fingerprint density at radius 1 is 1.69 bits per heavy atom. The van der Waals surface area contributed by atoms with Crippen LogP contribution in [0.2, 0.25) is 0 Å². The molecule has 0 aliphatic carbocycles. The van der Waals surface area contributed by atoms with Gasteiger partial charge in [-0.3, -0.25) is 9.55 Å². The fourth-order valence-corrected chi connectivity index (χ4v) is 1.76. The van der Waals surface area contributed by atoms with Crippen molar-refractivity contribution in [3.63, 3.8) is 0 Å². The van der Waals surface area contributed by atoms with Gasteiger partial charge >= 0.3 is 11.7 Å². The molecule has 0 aliphatic heterocycles. The fraction of sp³-hybridized carbons (Fsp3) is 0.300. The van der Waals surface area contributed by atoms with Gasteiger partial charge in [0.1, 0.15) is 6.04 Å². The van der Waals surface area contributed by atoms with E-state index in [0.29, 0.717) is 17.5 Å². The highest BCUT2D eigenvalue weighted by atomic mass is 16.4. The van der Waals surface area contributed by atoms with Gasteiger partial charge in [0.2, 0.25) is 0 Å². The van der Waals surface area contributed by atoms with Gasteiger partial charge < -0.3 is 10.1 Å². The van der Waals surface area contributed by atoms with E-state index in [-0.39, 0.29) is 0 Å². The zero-order valence-electron chi connectivity index (χ0n) is 8.67. The quantitative estimate of drug-likeness (QED) is 0.800. The van der Waals surface area contributed by atoms with Crippen LogP contribution in [-0.2, 0) is 4.79 Å². The maximum atomic E-state index is 11.7. The number of hydrogen-bond donors (Lipinski definition) is 2. The minimum atomic E-state index is -1.01. The van der Waals surface area contributed by atoms with Gasteiger partial charge in [0.15, 0.2) is 0 Å². The van der Waals surface area contributed by atoms with Crippen LogP contribution in [0.4, 0.5) is 0 Å². The molecule has 0 amide bonds. The third kappa shape index (κ3) is 1.48. The molecule has 0 saturated carbocycles. The molecule has 0 spiro atoms. The molecule has 84 valence electrons. The Labute approximate surface area is 90.5 Å². The molecule has 2 rings (SSSR count). The first-order chi connectivity index (χ1) is 7.65. The van der Waals surface area contributed by atoms with Crippen LogP contribution in [-0.4, -0.2) is 25.6 Å². The summed E-state index contributed by atoms with van der Waals surface area (Å²) in [5.41, 5.74) is 0.693. The molecule has 6 heteroatoms. The second-order valence-corrected chi connectivity index (χ2v) is 3.46. The summed E-state index contributed by atoms with van der Waals surface area (Å²) in [6, 6.07) is 0.780. The van der Waals surface area contributed by atoms with E-state index in [1.54, 1.807) is 13.0 Å². The maximum absolute atomic E-state index is 11.7. The number of imidazole rings is 1. The number of aromatic amines is 1. The summed E-state index contributed by atoms with van der Waals surface area (Å²) in [7, 11) is 0. The fourth-order valence-electron chi connectivity index (χ4n) is 1.76. The lowest BCUT2D eigenvalue weighted by molar-refractivity contribution is -0.140. The number of aromatic nitrogens is 3. The first kappa shape index (κ1) is 10.4. The average molecular weight is 221 g/mol. The van der Waals surface area contributed by atoms with Gasteiger partial charge in [0.05, 0.1) is 17.2 Å². The summed E-state index contributed by atoms with van der Waals surface area (Å²) in [6.07, 6.45) is 3.38. The highest BCUT2D eigenvalue weighted by Crippen LogP contribution is 2.16. The maximum Gasteiger partial charge on any atom is 0.327 e. The number of carboxylic acid groups (broad SMARTS) is 1. The molecule has 6 nitrogen and oxygen atoms in total. The molecule has 2 aromatic heterocycles. The summed E-state index contributed by atoms with van der Waals surface area (Å²) >= 11 is 0. The van der Waals surface area contributed by atoms with E-state index in [4.69, 9.17) is 5.11 Å². The van der Waals surface area contributed by atoms with Crippen molar-refractivity contribution in [1.29, 1.82) is 0 Å². The zero-order chi connectivity index (χ0) is 11.7. The smallest absolute Gasteiger partial charge is 0.327 e. The third-order valence-electron chi connectivity index (χ3n) is 2.50. The Morgan fingerprint density at radius 3 is 3.06 bits per heavy atom. The molecule has 0 bridgehead atoms. The lowest BCUT2D eigenvalue weighted by atomic mass is 10.2. The number of rotatable bonds is 3. The van der Waals surface area contributed by atoms with E-state index in [2.05, 4.69) is 9.97 Å². The topological polar surface area (TPSA) is 88.0 Å². The Kier molecular flexibility index (Phi) is 2.47. The zero-order valence-corrected chi connectivity index (χ0v) is 8.67. The summed E-state index contributed by atoms with van der Waals surface area (Å²) in [5.74, 6) is -1.01. The predicted octanol–water partition coefficient (Wildman–Crippen LogP) is 0.760. The van der Waals surface area contributed by atoms with Gasteiger partial charge in [-0.1, -0.05) is 6.92 Å². The van der Waals surface area contributed by atoms with Crippen LogP contribution in [0.3, 0.4) is 0 Å². The highest BCUT2D eigenvalue weighted by Gasteiger charge is 2.21. The van der Waals surface area contributed by atoms with Crippen LogP contribution in [0.1, 0.15) is 19.4 Å². The molecule has 1 atom stereocenters. The lowest BCUT2D eigenvalue weighted by Crippen LogP contribution is -2.27. The number of hydrogen-bond acceptors (Lipinski definition) is 3. The van der Waals surface area contributed by atoms with Crippen LogP contribution in [0, 0.1) is 0 Å². The summed E-state index contributed by atoms with van der Waals surface area (Å²) in [5, 5.41) is 9.04. The van der Waals surface area contributed by atoms with Gasteiger partial charge in [-0.2, -0.15) is 0 Å². The van der Waals surface area contributed by atoms with Crippen molar-refractivity contribution < 1.29 is 9.90 Å². The van der Waals surface area contributed by atoms with Gasteiger partial charge in [-0.05, 0) is 12.5 Å². The Morgan fingerprint density at radius 2 is 2.44 bits per heavy atom. The number of pyridine rings is 1. The van der Waals surface area contributed by atoms with Crippen molar-refractivity contribution in [3.05, 3.63) is 28.9 Å². The Hall–Kier alpha value is -2.11. The molecule has 0 radical (unpaired) electrons. The molecule has 0 fully saturated rings. The van der Waals surface area contributed by atoms with Gasteiger partial charge in [-0.15, -0.1) is 0 Å². The van der Waals surface area contributed by atoms with Crippen LogP contribution in [0.5, 0.6) is 0 Å². The van der Waals surface area contributed by atoms with Crippen LogP contribution < -0.4 is 5.69 Å². The number of carboxylic acids is 1. The van der Waals surface area contributed by atoms with Gasteiger partial charge in [0.25, 0.3) is 0 Å². The van der Waals surface area contributed by atoms with Crippen molar-refractivity contribution >= 4 is 17.0 Å². The van der Waals surface area contributed by atoms with E-state index in [1.165, 1.54) is 17.0 Å². The summed E-state index contributed by atoms with van der Waals surface area (Å²) in [4.78, 5) is 29.1. The third-order valence-corrected chi connectivity index (χ3v) is 2.50. The lowest BCUT2D eigenvalue weighted by Gasteiger charge is -2.11. The second-order valence-electron chi connectivity index (χ2n) is 3.46. The monoisotopic (exact) mass is 221 g/mol. The molecule has 2 N–H and O–H groups in total. The Balaban J connectivity index is 2.71. The predicted molar refractivity (Wildman–Crippen MR) is 57.3 cm³/mol. The van der Waals surface area contributed by atoms with Crippen molar-refractivity contribution in [2.45, 2.75) is 19.4 Å². The Bertz CT molecular complexity index is 584. The number of fused-ring (bicyclic) bond motifs is 1. The molecule has 0 aromatic carbocycles. The first-order valence-electron chi connectivity index (χ1n) is 4.92. The number of H-pyrrole nitrogens is 1. The molecule has 2 heterocycles. The van der Waals surface area contributed by atoms with Gasteiger partial charge in [0, 0.05) is 6.20 Å². The average Bonchev–Trinajstić information content (AvgIpc) is 2.57. The normalized spacial score (nSPS) is 12.8. The number of nitrogens with one attached hydrogen (secondary N) is 1. The van der Waals surface area contributed by atoms with E-state index < -0.39 is 17.7 Å². The van der Waals surface area contributed by atoms with Crippen molar-refractivity contribution in [2.24, 2.45) is 0 Å². The minimum absolute atomic E-state index is 0.352. The summed E-state index contributed by atoms with van der Waals surface area (Å²) < 4.78 is 1.25. The molecule has 2 aromatic rings. The number of nitrogens with zero attached hydrogens (tertiary/aromatic N) is 2. The number of carbonyl (C=O) groups is 1. The molecule has 16 heavy (non-hydrogen) atoms. The van der Waals surface area contributed by atoms with Crippen LogP contribution in [0.25, 0.3) is 11.0 Å². The van der Waals surface area contributed by atoms with E-state index in [9.17, 15) is 9.59 Å². The molecular weight excluding hydrogens is 210 g/mol. The molecular formula is C10H11N3O3. The largest absolute Gasteiger partial charge is 0.480 e. The molecule has 0 aliphatic rings. The molecule has 0 saturated heterocycles. The second kappa shape index (κ2) is 3.80. The van der Waals surface area contributed by atoms with Crippen molar-refractivity contribution in [2.75, 3.05) is 0 Å². The van der Waals surface area contributed by atoms with Crippen molar-refractivity contribution in [1.82, 2.24) is 14.5 Å². The molecule has 1 unspecified atom stereocenters. The first-order valence-corrected chi connectivity index (χ1v) is 4.92. The van der Waals surface area contributed by atoms with Crippen LogP contribution in [0.15, 0.2) is 23.3 Å². The summed E-state index contributed by atoms with van der Waals surface area (Å²) in [6.45, 7) is 1.73. The van der Waals surface area contributed by atoms with Gasteiger partial charge in [-0.25, -0.2) is 9.59 Å². The SMILES string of the molecule is CCC(C(=O)O)n1c(=O)[nH]c2cnccc21. The van der Waals surface area contributed by atoms with E-state index in [1.807, 2.05) is 0 Å². The van der Waals surface area contributed by atoms with E-state index in [0.717, 1.165) is 0 Å². The standard InChI is InChI=1S/C10H11N3O3/c1-2-7(9(14)15)13-8-3-4-11-5-6(8)12-10(13)16/h3-5,7H,2H2,1H3,(H,12,16)(H,14,15). The van der Waals surface area contributed by atoms with Crippen LogP contribution >= 0.6 is 0 Å². The minimum Gasteiger partial charge on any atom is -0.480 e.